The summed E-state index contributed by atoms with van der Waals surface area (Å²) in [6.45, 7) is 4.93. The molecule has 17 heavy (non-hydrogen) atoms. The van der Waals surface area contributed by atoms with Crippen molar-refractivity contribution in [2.75, 3.05) is 19.6 Å². The third-order valence-electron chi connectivity index (χ3n) is 2.96. The predicted octanol–water partition coefficient (Wildman–Crippen LogP) is 1.25. The first-order valence-corrected chi connectivity index (χ1v) is 5.78. The lowest BCUT2D eigenvalue weighted by Crippen LogP contribution is -2.25. The zero-order chi connectivity index (χ0) is 12.3. The molecule has 1 aromatic heterocycles. The molecule has 2 heterocycles. The van der Waals surface area contributed by atoms with Gasteiger partial charge >= 0.3 is 5.97 Å². The van der Waals surface area contributed by atoms with Gasteiger partial charge in [-0.1, -0.05) is 6.92 Å². The lowest BCUT2D eigenvalue weighted by Gasteiger charge is -2.15. The lowest BCUT2D eigenvalue weighted by atomic mass is 10.2. The van der Waals surface area contributed by atoms with E-state index in [0.29, 0.717) is 0 Å². The Morgan fingerprint density at radius 3 is 3.18 bits per heavy atom. The third kappa shape index (κ3) is 2.74. The van der Waals surface area contributed by atoms with Gasteiger partial charge in [-0.3, -0.25) is 4.90 Å². The van der Waals surface area contributed by atoms with E-state index in [1.807, 2.05) is 0 Å². The number of carboxylic acid groups (broad SMARTS) is 1. The molecule has 1 N–H and O–H groups in total. The van der Waals surface area contributed by atoms with E-state index < -0.39 is 5.97 Å². The largest absolute Gasteiger partial charge is 0.477 e. The van der Waals surface area contributed by atoms with Crippen LogP contribution in [0.3, 0.4) is 0 Å². The van der Waals surface area contributed by atoms with Gasteiger partial charge in [-0.05, 0) is 25.1 Å². The number of rotatable bonds is 4. The number of carboxylic acids is 1. The molecule has 1 aromatic rings. The molecule has 5 heteroatoms. The number of aromatic carboxylic acids is 1. The van der Waals surface area contributed by atoms with E-state index in [-0.39, 0.29) is 17.5 Å². The van der Waals surface area contributed by atoms with Crippen molar-refractivity contribution in [1.29, 1.82) is 0 Å². The maximum Gasteiger partial charge on any atom is 0.341 e. The highest BCUT2D eigenvalue weighted by Gasteiger charge is 2.24. The average molecular weight is 236 g/mol. The number of ether oxygens (including phenoxy) is 1. The SMILES string of the molecule is CCN1CCC(Oc2ncccc2C(=O)O)C1. The van der Waals surface area contributed by atoms with Crippen molar-refractivity contribution in [3.63, 3.8) is 0 Å². The van der Waals surface area contributed by atoms with Crippen molar-refractivity contribution in [2.24, 2.45) is 0 Å². The number of aromatic nitrogens is 1. The van der Waals surface area contributed by atoms with E-state index in [1.165, 1.54) is 6.07 Å². The van der Waals surface area contributed by atoms with Gasteiger partial charge in [-0.2, -0.15) is 0 Å². The minimum absolute atomic E-state index is 0.0444. The van der Waals surface area contributed by atoms with Gasteiger partial charge in [0.15, 0.2) is 0 Å². The molecule has 1 aliphatic rings. The maximum absolute atomic E-state index is 11.0. The lowest BCUT2D eigenvalue weighted by molar-refractivity contribution is 0.0687. The van der Waals surface area contributed by atoms with Crippen LogP contribution in [0.4, 0.5) is 0 Å². The van der Waals surface area contributed by atoms with Crippen LogP contribution < -0.4 is 4.74 Å². The zero-order valence-corrected chi connectivity index (χ0v) is 9.80. The van der Waals surface area contributed by atoms with Crippen LogP contribution in [0.1, 0.15) is 23.7 Å². The first-order chi connectivity index (χ1) is 8.20. The van der Waals surface area contributed by atoms with E-state index in [4.69, 9.17) is 9.84 Å². The molecular weight excluding hydrogens is 220 g/mol. The van der Waals surface area contributed by atoms with Crippen LogP contribution in [0.2, 0.25) is 0 Å². The molecule has 0 saturated carbocycles. The second-order valence-electron chi connectivity index (χ2n) is 4.08. The monoisotopic (exact) mass is 236 g/mol. The number of carbonyl (C=O) groups is 1. The van der Waals surface area contributed by atoms with Crippen molar-refractivity contribution in [3.8, 4) is 5.88 Å². The fraction of sp³-hybridized carbons (Fsp3) is 0.500. The number of likely N-dealkylation sites (N-methyl/N-ethyl adjacent to an activating group) is 1. The second-order valence-corrected chi connectivity index (χ2v) is 4.08. The summed E-state index contributed by atoms with van der Waals surface area (Å²) in [6, 6.07) is 3.11. The Labute approximate surface area is 100 Å². The van der Waals surface area contributed by atoms with E-state index in [1.54, 1.807) is 12.3 Å². The Morgan fingerprint density at radius 1 is 1.71 bits per heavy atom. The van der Waals surface area contributed by atoms with E-state index in [2.05, 4.69) is 16.8 Å². The summed E-state index contributed by atoms with van der Waals surface area (Å²) in [7, 11) is 0. The van der Waals surface area contributed by atoms with Crippen molar-refractivity contribution in [1.82, 2.24) is 9.88 Å². The minimum atomic E-state index is -1.00. The van der Waals surface area contributed by atoms with Crippen LogP contribution in [0.5, 0.6) is 5.88 Å². The summed E-state index contributed by atoms with van der Waals surface area (Å²) < 4.78 is 5.67. The van der Waals surface area contributed by atoms with Crippen LogP contribution in [-0.2, 0) is 0 Å². The van der Waals surface area contributed by atoms with Gasteiger partial charge in [0, 0.05) is 19.3 Å². The molecule has 0 spiro atoms. The number of hydrogen-bond acceptors (Lipinski definition) is 4. The number of nitrogens with zero attached hydrogens (tertiary/aromatic N) is 2. The fourth-order valence-electron chi connectivity index (χ4n) is 1.99. The highest BCUT2D eigenvalue weighted by molar-refractivity contribution is 5.90. The van der Waals surface area contributed by atoms with Gasteiger partial charge in [-0.25, -0.2) is 9.78 Å². The molecule has 0 aromatic carbocycles. The van der Waals surface area contributed by atoms with Crippen molar-refractivity contribution in [3.05, 3.63) is 23.9 Å². The number of hydrogen-bond donors (Lipinski definition) is 1. The Morgan fingerprint density at radius 2 is 2.53 bits per heavy atom. The van der Waals surface area contributed by atoms with E-state index >= 15 is 0 Å². The van der Waals surface area contributed by atoms with Gasteiger partial charge in [0.2, 0.25) is 5.88 Å². The summed E-state index contributed by atoms with van der Waals surface area (Å²) in [6.07, 6.45) is 2.51. The Balaban J connectivity index is 2.06. The van der Waals surface area contributed by atoms with Crippen molar-refractivity contribution < 1.29 is 14.6 Å². The summed E-state index contributed by atoms with van der Waals surface area (Å²) in [5.74, 6) is -0.776. The minimum Gasteiger partial charge on any atom is -0.477 e. The predicted molar refractivity (Wildman–Crippen MR) is 62.3 cm³/mol. The molecule has 2 rings (SSSR count). The first kappa shape index (κ1) is 11.9. The molecule has 0 amide bonds. The van der Waals surface area contributed by atoms with Gasteiger partial charge in [-0.15, -0.1) is 0 Å². The Hall–Kier alpha value is -1.62. The molecule has 0 aliphatic carbocycles. The summed E-state index contributed by atoms with van der Waals surface area (Å²) in [5.41, 5.74) is 0.127. The van der Waals surface area contributed by atoms with Crippen molar-refractivity contribution >= 4 is 5.97 Å². The quantitative estimate of drug-likeness (QED) is 0.852. The van der Waals surface area contributed by atoms with E-state index in [0.717, 1.165) is 26.1 Å². The Kier molecular flexibility index (Phi) is 3.58. The highest BCUT2D eigenvalue weighted by atomic mass is 16.5. The van der Waals surface area contributed by atoms with Gasteiger partial charge < -0.3 is 9.84 Å². The average Bonchev–Trinajstić information content (AvgIpc) is 2.77. The smallest absolute Gasteiger partial charge is 0.341 e. The molecular formula is C12H16N2O3. The van der Waals surface area contributed by atoms with Gasteiger partial charge in [0.05, 0.1) is 0 Å². The van der Waals surface area contributed by atoms with E-state index in [9.17, 15) is 4.79 Å². The molecule has 0 radical (unpaired) electrons. The first-order valence-electron chi connectivity index (χ1n) is 5.78. The highest BCUT2D eigenvalue weighted by Crippen LogP contribution is 2.20. The van der Waals surface area contributed by atoms with Gasteiger partial charge in [0.25, 0.3) is 0 Å². The fourth-order valence-corrected chi connectivity index (χ4v) is 1.99. The summed E-state index contributed by atoms with van der Waals surface area (Å²) >= 11 is 0. The normalized spacial score (nSPS) is 20.4. The molecule has 1 atom stereocenters. The molecule has 5 nitrogen and oxygen atoms in total. The van der Waals surface area contributed by atoms with Crippen LogP contribution >= 0.6 is 0 Å². The summed E-state index contributed by atoms with van der Waals surface area (Å²) in [4.78, 5) is 17.3. The standard InChI is InChI=1S/C12H16N2O3/c1-2-14-7-5-9(8-14)17-11-10(12(15)16)4-3-6-13-11/h3-4,6,9H,2,5,7-8H2,1H3,(H,15,16). The molecule has 1 unspecified atom stereocenters. The second kappa shape index (κ2) is 5.14. The molecule has 0 bridgehead atoms. The maximum atomic E-state index is 11.0. The van der Waals surface area contributed by atoms with Crippen LogP contribution in [-0.4, -0.2) is 46.7 Å². The van der Waals surface area contributed by atoms with Crippen LogP contribution in [0, 0.1) is 0 Å². The molecule has 1 aliphatic heterocycles. The number of pyridine rings is 1. The topological polar surface area (TPSA) is 62.7 Å². The zero-order valence-electron chi connectivity index (χ0n) is 9.80. The summed E-state index contributed by atoms with van der Waals surface area (Å²) in [5, 5.41) is 9.01. The molecule has 1 fully saturated rings. The van der Waals surface area contributed by atoms with Crippen molar-refractivity contribution in [2.45, 2.75) is 19.4 Å². The molecule has 1 saturated heterocycles. The Bertz CT molecular complexity index is 408. The van der Waals surface area contributed by atoms with Crippen LogP contribution in [0.15, 0.2) is 18.3 Å². The van der Waals surface area contributed by atoms with Crippen LogP contribution in [0.25, 0.3) is 0 Å². The third-order valence-corrected chi connectivity index (χ3v) is 2.96. The number of likely N-dealkylation sites (tertiary alicyclic amines) is 1. The molecule has 92 valence electrons. The van der Waals surface area contributed by atoms with Gasteiger partial charge in [0.1, 0.15) is 11.7 Å².